The number of aliphatic hydroxyl groups is 1. The number of rotatable bonds is 10. The average molecular weight is 564 g/mol. The Labute approximate surface area is 245 Å². The molecule has 0 saturated carbocycles. The maximum Gasteiger partial charge on any atom is 0.261 e. The second-order valence-corrected chi connectivity index (χ2v) is 11.5. The highest BCUT2D eigenvalue weighted by molar-refractivity contribution is 5.80. The third kappa shape index (κ3) is 5.75. The van der Waals surface area contributed by atoms with Crippen molar-refractivity contribution in [3.8, 4) is 22.5 Å². The summed E-state index contributed by atoms with van der Waals surface area (Å²) in [6.45, 7) is 5.39. The van der Waals surface area contributed by atoms with Gasteiger partial charge in [0.25, 0.3) is 5.56 Å². The molecule has 0 amide bonds. The molecule has 2 aromatic heterocycles. The van der Waals surface area contributed by atoms with Gasteiger partial charge in [-0.3, -0.25) is 9.36 Å². The Balaban J connectivity index is 1.33. The number of benzene rings is 3. The summed E-state index contributed by atoms with van der Waals surface area (Å²) in [5, 5.41) is 29.8. The van der Waals surface area contributed by atoms with Gasteiger partial charge in [-0.1, -0.05) is 67.9 Å². The molecule has 5 aromatic rings. The first kappa shape index (κ1) is 27.9. The molecule has 3 heterocycles. The number of unbranched alkanes of at least 4 members (excludes halogenated alkanes) is 1. The van der Waals surface area contributed by atoms with E-state index in [0.717, 1.165) is 72.3 Å². The molecule has 2 atom stereocenters. The minimum atomic E-state index is -1.04. The van der Waals surface area contributed by atoms with Crippen LogP contribution in [0.1, 0.15) is 62.9 Å². The quantitative estimate of drug-likeness (QED) is 0.219. The standard InChI is InChI=1S/C33H37N7O2/c1-3-4-11-30-35-29-17-16-24(33(2,42)20-25-8-7-18-34-25)19-28(29)32(41)40(30)21-22-12-14-23(15-13-22)26-9-5-6-10-27(26)31-36-38-39-37-31/h5-6,9-10,12-17,19,25,34,42H,3-4,7-8,11,18,20-21H2,1-2H3,(H,36,37,38,39). The highest BCUT2D eigenvalue weighted by Gasteiger charge is 2.29. The zero-order valence-corrected chi connectivity index (χ0v) is 24.2. The molecule has 1 saturated heterocycles. The van der Waals surface area contributed by atoms with Crippen LogP contribution in [0.4, 0.5) is 0 Å². The van der Waals surface area contributed by atoms with Crippen LogP contribution in [0.5, 0.6) is 0 Å². The Hall–Kier alpha value is -4.21. The predicted octanol–water partition coefficient (Wildman–Crippen LogP) is 4.98. The van der Waals surface area contributed by atoms with Crippen LogP contribution in [-0.4, -0.2) is 47.9 Å². The van der Waals surface area contributed by atoms with Gasteiger partial charge in [-0.05, 0) is 84.0 Å². The normalized spacial score (nSPS) is 16.6. The Bertz CT molecular complexity index is 1720. The zero-order chi connectivity index (χ0) is 29.1. The summed E-state index contributed by atoms with van der Waals surface area (Å²) in [5.41, 5.74) is 4.29. The summed E-state index contributed by atoms with van der Waals surface area (Å²) in [5.74, 6) is 1.40. The van der Waals surface area contributed by atoms with Crippen LogP contribution in [0.15, 0.2) is 71.5 Å². The number of aryl methyl sites for hydroxylation is 1. The molecule has 0 spiro atoms. The van der Waals surface area contributed by atoms with Gasteiger partial charge >= 0.3 is 0 Å². The fourth-order valence-electron chi connectivity index (χ4n) is 6.01. The molecule has 1 fully saturated rings. The molecule has 216 valence electrons. The van der Waals surface area contributed by atoms with E-state index in [4.69, 9.17) is 4.98 Å². The van der Waals surface area contributed by atoms with Crippen molar-refractivity contribution in [1.82, 2.24) is 35.5 Å². The lowest BCUT2D eigenvalue weighted by Crippen LogP contribution is -2.33. The van der Waals surface area contributed by atoms with Crippen molar-refractivity contribution in [2.45, 2.75) is 70.6 Å². The molecule has 1 aliphatic rings. The van der Waals surface area contributed by atoms with Gasteiger partial charge in [0.15, 0.2) is 5.82 Å². The first-order chi connectivity index (χ1) is 20.4. The Morgan fingerprint density at radius 1 is 1.07 bits per heavy atom. The zero-order valence-electron chi connectivity index (χ0n) is 24.2. The monoisotopic (exact) mass is 563 g/mol. The minimum Gasteiger partial charge on any atom is -0.385 e. The predicted molar refractivity (Wildman–Crippen MR) is 164 cm³/mol. The Morgan fingerprint density at radius 2 is 1.88 bits per heavy atom. The Kier molecular flexibility index (Phi) is 7.95. The maximum absolute atomic E-state index is 14.0. The van der Waals surface area contributed by atoms with Crippen LogP contribution in [-0.2, 0) is 18.6 Å². The third-order valence-electron chi connectivity index (χ3n) is 8.35. The lowest BCUT2D eigenvalue weighted by Gasteiger charge is -2.27. The number of hydrogen-bond acceptors (Lipinski definition) is 7. The highest BCUT2D eigenvalue weighted by Crippen LogP contribution is 2.31. The van der Waals surface area contributed by atoms with Crippen LogP contribution in [0, 0.1) is 0 Å². The number of fused-ring (bicyclic) bond motifs is 1. The number of aromatic amines is 1. The summed E-state index contributed by atoms with van der Waals surface area (Å²) >= 11 is 0. The van der Waals surface area contributed by atoms with E-state index in [1.807, 2.05) is 49.4 Å². The van der Waals surface area contributed by atoms with E-state index in [0.29, 0.717) is 29.7 Å². The van der Waals surface area contributed by atoms with Crippen molar-refractivity contribution in [3.05, 3.63) is 94.0 Å². The summed E-state index contributed by atoms with van der Waals surface area (Å²) < 4.78 is 1.80. The minimum absolute atomic E-state index is 0.0741. The van der Waals surface area contributed by atoms with Crippen molar-refractivity contribution >= 4 is 10.9 Å². The van der Waals surface area contributed by atoms with Crippen molar-refractivity contribution in [1.29, 1.82) is 0 Å². The molecule has 0 aliphatic carbocycles. The van der Waals surface area contributed by atoms with Gasteiger partial charge in [0, 0.05) is 18.0 Å². The van der Waals surface area contributed by atoms with Gasteiger partial charge in [-0.25, -0.2) is 10.1 Å². The molecule has 2 unspecified atom stereocenters. The van der Waals surface area contributed by atoms with E-state index in [1.165, 1.54) is 0 Å². The Morgan fingerprint density at radius 3 is 2.60 bits per heavy atom. The fraction of sp³-hybridized carbons (Fsp3) is 0.364. The van der Waals surface area contributed by atoms with E-state index in [1.54, 1.807) is 4.57 Å². The highest BCUT2D eigenvalue weighted by atomic mass is 16.3. The number of nitrogens with one attached hydrogen (secondary N) is 2. The van der Waals surface area contributed by atoms with Crippen molar-refractivity contribution in [3.63, 3.8) is 0 Å². The van der Waals surface area contributed by atoms with Crippen molar-refractivity contribution in [2.75, 3.05) is 6.54 Å². The van der Waals surface area contributed by atoms with E-state index in [9.17, 15) is 9.90 Å². The molecule has 0 bridgehead atoms. The fourth-order valence-corrected chi connectivity index (χ4v) is 6.01. The van der Waals surface area contributed by atoms with Crippen LogP contribution < -0.4 is 10.9 Å². The lowest BCUT2D eigenvalue weighted by molar-refractivity contribution is 0.0386. The summed E-state index contributed by atoms with van der Waals surface area (Å²) in [6, 6.07) is 22.2. The van der Waals surface area contributed by atoms with Gasteiger partial charge in [-0.15, -0.1) is 5.10 Å². The van der Waals surface area contributed by atoms with Gasteiger partial charge in [0.05, 0.1) is 23.0 Å². The van der Waals surface area contributed by atoms with Crippen LogP contribution in [0.25, 0.3) is 33.4 Å². The number of aromatic nitrogens is 6. The summed E-state index contributed by atoms with van der Waals surface area (Å²) in [6.07, 6.45) is 5.48. The molecule has 6 rings (SSSR count). The molecule has 3 N–H and O–H groups in total. The second-order valence-electron chi connectivity index (χ2n) is 11.5. The third-order valence-corrected chi connectivity index (χ3v) is 8.35. The molecule has 3 aromatic carbocycles. The van der Waals surface area contributed by atoms with Gasteiger partial charge in [0.1, 0.15) is 5.82 Å². The summed E-state index contributed by atoms with van der Waals surface area (Å²) in [7, 11) is 0. The van der Waals surface area contributed by atoms with E-state index >= 15 is 0 Å². The van der Waals surface area contributed by atoms with Gasteiger partial charge in [0.2, 0.25) is 0 Å². The van der Waals surface area contributed by atoms with E-state index in [-0.39, 0.29) is 11.6 Å². The van der Waals surface area contributed by atoms with E-state index < -0.39 is 5.60 Å². The van der Waals surface area contributed by atoms with Crippen LogP contribution >= 0.6 is 0 Å². The number of nitrogens with zero attached hydrogens (tertiary/aromatic N) is 5. The first-order valence-corrected chi connectivity index (χ1v) is 14.8. The van der Waals surface area contributed by atoms with Crippen LogP contribution in [0.2, 0.25) is 0 Å². The molecule has 42 heavy (non-hydrogen) atoms. The topological polar surface area (TPSA) is 122 Å². The smallest absolute Gasteiger partial charge is 0.261 e. The SMILES string of the molecule is CCCCc1nc2ccc(C(C)(O)CC3CCCN3)cc2c(=O)n1Cc1ccc(-c2ccccc2-c2nnn[nH]2)cc1. The number of tetrazole rings is 1. The largest absolute Gasteiger partial charge is 0.385 e. The van der Waals surface area contributed by atoms with E-state index in [2.05, 4.69) is 57.1 Å². The number of H-pyrrole nitrogens is 1. The van der Waals surface area contributed by atoms with Gasteiger partial charge in [-0.2, -0.15) is 0 Å². The van der Waals surface area contributed by atoms with Crippen molar-refractivity contribution in [2.24, 2.45) is 0 Å². The molecule has 0 radical (unpaired) electrons. The van der Waals surface area contributed by atoms with Crippen molar-refractivity contribution < 1.29 is 5.11 Å². The number of hydrogen-bond donors (Lipinski definition) is 3. The molecular formula is C33H37N7O2. The first-order valence-electron chi connectivity index (χ1n) is 14.8. The molecule has 9 heteroatoms. The lowest BCUT2D eigenvalue weighted by atomic mass is 9.88. The van der Waals surface area contributed by atoms with Gasteiger partial charge < -0.3 is 10.4 Å². The molecule has 9 nitrogen and oxygen atoms in total. The second kappa shape index (κ2) is 12.0. The summed E-state index contributed by atoms with van der Waals surface area (Å²) in [4.78, 5) is 19.0. The molecular weight excluding hydrogens is 526 g/mol. The molecule has 1 aliphatic heterocycles. The average Bonchev–Trinajstić information content (AvgIpc) is 3.73. The van der Waals surface area contributed by atoms with Crippen LogP contribution in [0.3, 0.4) is 0 Å². The maximum atomic E-state index is 14.0.